The van der Waals surface area contributed by atoms with Gasteiger partial charge in [0, 0.05) is 12.0 Å². The Morgan fingerprint density at radius 2 is 2.00 bits per heavy atom. The minimum Gasteiger partial charge on any atom is -0.480 e. The van der Waals surface area contributed by atoms with Crippen LogP contribution in [0.1, 0.15) is 5.56 Å². The molecule has 1 aliphatic rings. The van der Waals surface area contributed by atoms with Gasteiger partial charge in [-0.1, -0.05) is 30.3 Å². The highest BCUT2D eigenvalue weighted by Crippen LogP contribution is 2.14. The summed E-state index contributed by atoms with van der Waals surface area (Å²) in [4.78, 5) is 22.4. The Bertz CT molecular complexity index is 669. The van der Waals surface area contributed by atoms with E-state index in [1.54, 1.807) is 30.3 Å². The average molecular weight is 310 g/mol. The fraction of sp³-hybridized carbons (Fsp3) is 0.231. The van der Waals surface area contributed by atoms with Crippen LogP contribution in [-0.4, -0.2) is 48.8 Å². The van der Waals surface area contributed by atoms with Crippen LogP contribution in [0.4, 0.5) is 0 Å². The first-order chi connectivity index (χ1) is 9.90. The lowest BCUT2D eigenvalue weighted by atomic mass is 10.2. The van der Waals surface area contributed by atoms with Crippen LogP contribution in [0.15, 0.2) is 35.7 Å². The van der Waals surface area contributed by atoms with Crippen molar-refractivity contribution < 1.29 is 23.1 Å². The summed E-state index contributed by atoms with van der Waals surface area (Å²) < 4.78 is 25.1. The topological polar surface area (TPSA) is 104 Å². The third-order valence-corrected chi connectivity index (χ3v) is 4.50. The predicted molar refractivity (Wildman–Crippen MR) is 75.5 cm³/mol. The molecule has 8 heteroatoms. The molecular formula is C13H14N2O5S. The van der Waals surface area contributed by atoms with Crippen LogP contribution in [0.25, 0.3) is 6.08 Å². The molecule has 1 fully saturated rings. The molecular weight excluding hydrogens is 296 g/mol. The number of piperazine rings is 1. The largest absolute Gasteiger partial charge is 0.480 e. The second-order valence-corrected chi connectivity index (χ2v) is 6.23. The molecule has 2 N–H and O–H groups in total. The first-order valence-corrected chi connectivity index (χ1v) is 7.65. The van der Waals surface area contributed by atoms with Gasteiger partial charge in [-0.25, -0.2) is 8.42 Å². The summed E-state index contributed by atoms with van der Waals surface area (Å²) in [6.07, 6.45) is 1.36. The molecule has 0 aromatic heterocycles. The Balaban J connectivity index is 2.26. The first-order valence-electron chi connectivity index (χ1n) is 6.14. The standard InChI is InChI=1S/C13H14N2O5S/c16-12-9-15(11(8-14-12)13(17)18)21(19,20)7-6-10-4-2-1-3-5-10/h1-7,11H,8-9H2,(H,14,16)(H,17,18)/b7-6+. The third kappa shape index (κ3) is 3.67. The van der Waals surface area contributed by atoms with E-state index in [4.69, 9.17) is 5.11 Å². The summed E-state index contributed by atoms with van der Waals surface area (Å²) in [5.41, 5.74) is 0.661. The maximum Gasteiger partial charge on any atom is 0.323 e. The van der Waals surface area contributed by atoms with Gasteiger partial charge in [-0.3, -0.25) is 9.59 Å². The fourth-order valence-electron chi connectivity index (χ4n) is 1.90. The van der Waals surface area contributed by atoms with E-state index in [-0.39, 0.29) is 6.54 Å². The average Bonchev–Trinajstić information content (AvgIpc) is 2.46. The minimum absolute atomic E-state index is 0.243. The number of carbonyl (C=O) groups is 2. The zero-order valence-electron chi connectivity index (χ0n) is 11.0. The molecule has 1 atom stereocenters. The number of nitrogens with one attached hydrogen (secondary N) is 1. The Labute approximate surface area is 121 Å². The van der Waals surface area contributed by atoms with E-state index >= 15 is 0 Å². The van der Waals surface area contributed by atoms with Gasteiger partial charge in [-0.2, -0.15) is 4.31 Å². The molecule has 0 radical (unpaired) electrons. The van der Waals surface area contributed by atoms with Crippen molar-refractivity contribution in [3.8, 4) is 0 Å². The van der Waals surface area contributed by atoms with Crippen LogP contribution < -0.4 is 5.32 Å². The quantitative estimate of drug-likeness (QED) is 0.806. The van der Waals surface area contributed by atoms with E-state index in [0.29, 0.717) is 9.87 Å². The van der Waals surface area contributed by atoms with Crippen molar-refractivity contribution in [2.45, 2.75) is 6.04 Å². The van der Waals surface area contributed by atoms with Gasteiger partial charge < -0.3 is 10.4 Å². The van der Waals surface area contributed by atoms with E-state index < -0.39 is 34.5 Å². The predicted octanol–water partition coefficient (Wildman–Crippen LogP) is -0.128. The van der Waals surface area contributed by atoms with Gasteiger partial charge in [0.05, 0.1) is 6.54 Å². The number of carboxylic acids is 1. The Kier molecular flexibility index (Phi) is 4.39. The van der Waals surface area contributed by atoms with Crippen LogP contribution in [0, 0.1) is 0 Å². The number of carboxylic acid groups (broad SMARTS) is 1. The van der Waals surface area contributed by atoms with Crippen LogP contribution in [0.2, 0.25) is 0 Å². The lowest BCUT2D eigenvalue weighted by Crippen LogP contribution is -2.58. The number of hydrogen-bond acceptors (Lipinski definition) is 4. The summed E-state index contributed by atoms with van der Waals surface area (Å²) in [7, 11) is -4.00. The Hall–Kier alpha value is -2.19. The second kappa shape index (κ2) is 6.06. The van der Waals surface area contributed by atoms with Crippen molar-refractivity contribution in [2.75, 3.05) is 13.1 Å². The van der Waals surface area contributed by atoms with Gasteiger partial charge in [-0.05, 0) is 11.6 Å². The number of nitrogens with zero attached hydrogens (tertiary/aromatic N) is 1. The molecule has 1 saturated heterocycles. The van der Waals surface area contributed by atoms with Gasteiger partial charge >= 0.3 is 5.97 Å². The molecule has 1 aliphatic heterocycles. The lowest BCUT2D eigenvalue weighted by molar-refractivity contribution is -0.143. The molecule has 0 aliphatic carbocycles. The first kappa shape index (κ1) is 15.2. The van der Waals surface area contributed by atoms with Crippen molar-refractivity contribution in [3.63, 3.8) is 0 Å². The van der Waals surface area contributed by atoms with Crippen LogP contribution in [0.5, 0.6) is 0 Å². The highest BCUT2D eigenvalue weighted by Gasteiger charge is 2.38. The zero-order valence-corrected chi connectivity index (χ0v) is 11.8. The minimum atomic E-state index is -4.00. The van der Waals surface area contributed by atoms with Crippen molar-refractivity contribution in [3.05, 3.63) is 41.3 Å². The maximum absolute atomic E-state index is 12.2. The Morgan fingerprint density at radius 1 is 1.33 bits per heavy atom. The second-order valence-electron chi connectivity index (χ2n) is 4.46. The normalized spacial score (nSPS) is 20.4. The molecule has 7 nitrogen and oxygen atoms in total. The molecule has 0 bridgehead atoms. The third-order valence-electron chi connectivity index (χ3n) is 2.98. The highest BCUT2D eigenvalue weighted by atomic mass is 32.2. The summed E-state index contributed by atoms with van der Waals surface area (Å²) in [5, 5.41) is 12.3. The number of carbonyl (C=O) groups excluding carboxylic acids is 1. The summed E-state index contributed by atoms with van der Waals surface area (Å²) in [6.45, 7) is -0.745. The fourth-order valence-corrected chi connectivity index (χ4v) is 3.21. The van der Waals surface area contributed by atoms with E-state index in [0.717, 1.165) is 5.41 Å². The summed E-state index contributed by atoms with van der Waals surface area (Å²) in [6, 6.07) is 7.42. The van der Waals surface area contributed by atoms with E-state index in [1.807, 2.05) is 0 Å². The van der Waals surface area contributed by atoms with E-state index in [2.05, 4.69) is 5.32 Å². The van der Waals surface area contributed by atoms with Gasteiger partial charge in [0.25, 0.3) is 0 Å². The summed E-state index contributed by atoms with van der Waals surface area (Å²) in [5.74, 6) is -1.82. The number of benzene rings is 1. The number of amides is 1. The SMILES string of the molecule is O=C1CN(S(=O)(=O)/C=C/c2ccccc2)C(C(=O)O)CN1. The van der Waals surface area contributed by atoms with Crippen LogP contribution >= 0.6 is 0 Å². The van der Waals surface area contributed by atoms with Crippen molar-refractivity contribution >= 4 is 28.0 Å². The van der Waals surface area contributed by atoms with Crippen LogP contribution in [0.3, 0.4) is 0 Å². The zero-order chi connectivity index (χ0) is 15.5. The molecule has 1 aromatic carbocycles. The van der Waals surface area contributed by atoms with Crippen molar-refractivity contribution in [1.29, 1.82) is 0 Å². The molecule has 2 rings (SSSR count). The molecule has 21 heavy (non-hydrogen) atoms. The molecule has 0 spiro atoms. The van der Waals surface area contributed by atoms with E-state index in [1.165, 1.54) is 6.08 Å². The number of sulfonamides is 1. The van der Waals surface area contributed by atoms with Crippen molar-refractivity contribution in [1.82, 2.24) is 9.62 Å². The Morgan fingerprint density at radius 3 is 2.62 bits per heavy atom. The molecule has 1 aromatic rings. The molecule has 112 valence electrons. The molecule has 1 unspecified atom stereocenters. The van der Waals surface area contributed by atoms with Crippen LogP contribution in [-0.2, 0) is 19.6 Å². The van der Waals surface area contributed by atoms with Gasteiger partial charge in [0.2, 0.25) is 15.9 Å². The maximum atomic E-state index is 12.2. The van der Waals surface area contributed by atoms with Gasteiger partial charge in [0.15, 0.2) is 0 Å². The lowest BCUT2D eigenvalue weighted by Gasteiger charge is -2.30. The van der Waals surface area contributed by atoms with E-state index in [9.17, 15) is 18.0 Å². The summed E-state index contributed by atoms with van der Waals surface area (Å²) >= 11 is 0. The highest BCUT2D eigenvalue weighted by molar-refractivity contribution is 7.92. The monoisotopic (exact) mass is 310 g/mol. The smallest absolute Gasteiger partial charge is 0.323 e. The molecule has 1 heterocycles. The van der Waals surface area contributed by atoms with Gasteiger partial charge in [0.1, 0.15) is 6.04 Å². The molecule has 1 amide bonds. The van der Waals surface area contributed by atoms with Crippen molar-refractivity contribution in [2.24, 2.45) is 0 Å². The number of rotatable bonds is 4. The number of aliphatic carboxylic acids is 1. The number of hydrogen-bond donors (Lipinski definition) is 2. The van der Waals surface area contributed by atoms with Gasteiger partial charge in [-0.15, -0.1) is 0 Å². The molecule has 0 saturated carbocycles.